The van der Waals surface area contributed by atoms with Crippen LogP contribution in [0.25, 0.3) is 33.3 Å². The van der Waals surface area contributed by atoms with E-state index in [0.717, 1.165) is 36.3 Å². The third-order valence-electron chi connectivity index (χ3n) is 5.54. The smallest absolute Gasteiger partial charge is 0.0948 e. The summed E-state index contributed by atoms with van der Waals surface area (Å²) in [6.45, 7) is 2.16. The summed E-state index contributed by atoms with van der Waals surface area (Å²) in [5.74, 6) is 0. The zero-order valence-corrected chi connectivity index (χ0v) is 15.7. The van der Waals surface area contributed by atoms with Crippen molar-refractivity contribution in [3.05, 3.63) is 72.3 Å². The standard InChI is InChI=1S/C23H22N4/c1-26-8-7-16-9-17(3-6-20(16)14-26)22-11-21-10-18(4-5-19(21)12-25-22)23-13-24-15-27(23)2/h3-6,9-13,15H,7-8,14H2,1-2H3. The van der Waals surface area contributed by atoms with Crippen molar-refractivity contribution >= 4 is 10.8 Å². The fourth-order valence-electron chi connectivity index (χ4n) is 3.95. The van der Waals surface area contributed by atoms with Gasteiger partial charge in [-0.3, -0.25) is 4.98 Å². The molecule has 4 heteroatoms. The second-order valence-electron chi connectivity index (χ2n) is 7.49. The van der Waals surface area contributed by atoms with E-state index in [2.05, 4.69) is 59.4 Å². The number of imidazole rings is 1. The van der Waals surface area contributed by atoms with E-state index in [9.17, 15) is 0 Å². The number of nitrogens with zero attached hydrogens (tertiary/aromatic N) is 4. The van der Waals surface area contributed by atoms with Crippen LogP contribution in [0.15, 0.2) is 61.2 Å². The van der Waals surface area contributed by atoms with Gasteiger partial charge in [0.15, 0.2) is 0 Å². The van der Waals surface area contributed by atoms with E-state index in [-0.39, 0.29) is 0 Å². The molecule has 1 aliphatic rings. The molecule has 0 radical (unpaired) electrons. The van der Waals surface area contributed by atoms with Gasteiger partial charge in [0.2, 0.25) is 0 Å². The van der Waals surface area contributed by atoms with Crippen molar-refractivity contribution in [3.63, 3.8) is 0 Å². The summed E-state index contributed by atoms with van der Waals surface area (Å²) < 4.78 is 2.05. The fraction of sp³-hybridized carbons (Fsp3) is 0.217. The maximum atomic E-state index is 4.72. The highest BCUT2D eigenvalue weighted by molar-refractivity contribution is 5.89. The van der Waals surface area contributed by atoms with Crippen LogP contribution in [0.2, 0.25) is 0 Å². The summed E-state index contributed by atoms with van der Waals surface area (Å²) in [4.78, 5) is 11.3. The Labute approximate surface area is 159 Å². The van der Waals surface area contributed by atoms with E-state index in [0.29, 0.717) is 0 Å². The first-order chi connectivity index (χ1) is 13.2. The van der Waals surface area contributed by atoms with E-state index >= 15 is 0 Å². The molecular formula is C23H22N4. The molecule has 0 saturated carbocycles. The van der Waals surface area contributed by atoms with Crippen LogP contribution in [-0.2, 0) is 20.0 Å². The molecule has 1 aliphatic heterocycles. The molecule has 2 aromatic heterocycles. The second-order valence-corrected chi connectivity index (χ2v) is 7.49. The van der Waals surface area contributed by atoms with Gasteiger partial charge in [-0.15, -0.1) is 0 Å². The Morgan fingerprint density at radius 3 is 2.59 bits per heavy atom. The van der Waals surface area contributed by atoms with Crippen LogP contribution in [0.4, 0.5) is 0 Å². The number of aromatic nitrogens is 3. The number of rotatable bonds is 2. The van der Waals surface area contributed by atoms with Crippen LogP contribution < -0.4 is 0 Å². The van der Waals surface area contributed by atoms with Gasteiger partial charge < -0.3 is 9.47 Å². The minimum absolute atomic E-state index is 1.03. The Kier molecular flexibility index (Phi) is 3.80. The van der Waals surface area contributed by atoms with Crippen molar-refractivity contribution < 1.29 is 0 Å². The van der Waals surface area contributed by atoms with E-state index < -0.39 is 0 Å². The van der Waals surface area contributed by atoms with Gasteiger partial charge in [-0.05, 0) is 48.2 Å². The zero-order chi connectivity index (χ0) is 18.4. The molecule has 134 valence electrons. The van der Waals surface area contributed by atoms with Gasteiger partial charge in [-0.25, -0.2) is 4.98 Å². The molecule has 4 nitrogen and oxygen atoms in total. The van der Waals surface area contributed by atoms with Crippen molar-refractivity contribution in [2.24, 2.45) is 7.05 Å². The summed E-state index contributed by atoms with van der Waals surface area (Å²) in [6, 6.07) is 15.5. The van der Waals surface area contributed by atoms with Crippen molar-refractivity contribution in [1.29, 1.82) is 0 Å². The van der Waals surface area contributed by atoms with Gasteiger partial charge in [0.05, 0.1) is 23.9 Å². The predicted molar refractivity (Wildman–Crippen MR) is 109 cm³/mol. The summed E-state index contributed by atoms with van der Waals surface area (Å²) in [5.41, 5.74) is 7.42. The molecule has 5 rings (SSSR count). The van der Waals surface area contributed by atoms with Gasteiger partial charge in [0.1, 0.15) is 0 Å². The molecule has 0 bridgehead atoms. The van der Waals surface area contributed by atoms with Crippen molar-refractivity contribution in [2.45, 2.75) is 13.0 Å². The first-order valence-electron chi connectivity index (χ1n) is 9.34. The first kappa shape index (κ1) is 16.2. The lowest BCUT2D eigenvalue weighted by Crippen LogP contribution is -2.26. The van der Waals surface area contributed by atoms with Crippen LogP contribution in [0, 0.1) is 0 Å². The van der Waals surface area contributed by atoms with Gasteiger partial charge in [0, 0.05) is 42.8 Å². The van der Waals surface area contributed by atoms with Crippen molar-refractivity contribution in [2.75, 3.05) is 13.6 Å². The minimum atomic E-state index is 1.03. The molecule has 0 spiro atoms. The molecule has 3 heterocycles. The highest BCUT2D eigenvalue weighted by atomic mass is 15.1. The highest BCUT2D eigenvalue weighted by Crippen LogP contribution is 2.29. The lowest BCUT2D eigenvalue weighted by atomic mass is 9.96. The average Bonchev–Trinajstić information content (AvgIpc) is 3.12. The van der Waals surface area contributed by atoms with E-state index in [4.69, 9.17) is 4.98 Å². The topological polar surface area (TPSA) is 34.0 Å². The third kappa shape index (κ3) is 2.92. The Morgan fingerprint density at radius 2 is 1.74 bits per heavy atom. The van der Waals surface area contributed by atoms with E-state index in [1.165, 1.54) is 27.6 Å². The molecule has 27 heavy (non-hydrogen) atoms. The molecule has 0 saturated heterocycles. The van der Waals surface area contributed by atoms with Crippen LogP contribution >= 0.6 is 0 Å². The predicted octanol–water partition coefficient (Wildman–Crippen LogP) is 4.29. The van der Waals surface area contributed by atoms with Gasteiger partial charge in [-0.1, -0.05) is 24.3 Å². The quantitative estimate of drug-likeness (QED) is 0.538. The van der Waals surface area contributed by atoms with Crippen molar-refractivity contribution in [3.8, 4) is 22.5 Å². The second kappa shape index (κ2) is 6.32. The number of pyridine rings is 1. The van der Waals surface area contributed by atoms with Crippen molar-refractivity contribution in [1.82, 2.24) is 19.4 Å². The van der Waals surface area contributed by atoms with Crippen LogP contribution in [0.3, 0.4) is 0 Å². The molecule has 2 aromatic carbocycles. The van der Waals surface area contributed by atoms with E-state index in [1.54, 1.807) is 0 Å². The number of hydrogen-bond acceptors (Lipinski definition) is 3. The number of hydrogen-bond donors (Lipinski definition) is 0. The van der Waals surface area contributed by atoms with Gasteiger partial charge in [0.25, 0.3) is 0 Å². The Morgan fingerprint density at radius 1 is 0.852 bits per heavy atom. The Balaban J connectivity index is 1.57. The van der Waals surface area contributed by atoms with Crippen LogP contribution in [-0.4, -0.2) is 33.0 Å². The molecule has 0 atom stereocenters. The molecule has 0 unspecified atom stereocenters. The fourth-order valence-corrected chi connectivity index (χ4v) is 3.95. The SMILES string of the molecule is CN1CCc2cc(-c3cc4cc(-c5cncn5C)ccc4cn3)ccc2C1. The van der Waals surface area contributed by atoms with Crippen LogP contribution in [0.1, 0.15) is 11.1 Å². The first-order valence-corrected chi connectivity index (χ1v) is 9.34. The Hall–Kier alpha value is -2.98. The highest BCUT2D eigenvalue weighted by Gasteiger charge is 2.14. The summed E-state index contributed by atoms with van der Waals surface area (Å²) >= 11 is 0. The monoisotopic (exact) mass is 354 g/mol. The number of aryl methyl sites for hydroxylation is 1. The number of likely N-dealkylation sites (N-methyl/N-ethyl adjacent to an activating group) is 1. The summed E-state index contributed by atoms with van der Waals surface area (Å²) in [5, 5.41) is 2.36. The van der Waals surface area contributed by atoms with Crippen LogP contribution in [0.5, 0.6) is 0 Å². The number of benzene rings is 2. The van der Waals surface area contributed by atoms with E-state index in [1.807, 2.05) is 30.3 Å². The molecule has 4 aromatic rings. The average molecular weight is 354 g/mol. The lowest BCUT2D eigenvalue weighted by Gasteiger charge is -2.25. The zero-order valence-electron chi connectivity index (χ0n) is 15.7. The molecular weight excluding hydrogens is 332 g/mol. The molecule has 0 N–H and O–H groups in total. The molecule has 0 fully saturated rings. The summed E-state index contributed by atoms with van der Waals surface area (Å²) in [7, 11) is 4.20. The molecule has 0 aliphatic carbocycles. The molecule has 0 amide bonds. The maximum Gasteiger partial charge on any atom is 0.0948 e. The lowest BCUT2D eigenvalue weighted by molar-refractivity contribution is 0.313. The largest absolute Gasteiger partial charge is 0.334 e. The van der Waals surface area contributed by atoms with Gasteiger partial charge >= 0.3 is 0 Å². The minimum Gasteiger partial charge on any atom is -0.334 e. The maximum absolute atomic E-state index is 4.72. The van der Waals surface area contributed by atoms with Gasteiger partial charge in [-0.2, -0.15) is 0 Å². The normalized spacial score (nSPS) is 14.4. The summed E-state index contributed by atoms with van der Waals surface area (Å²) in [6.07, 6.45) is 6.83. The Bertz CT molecular complexity index is 1140. The number of fused-ring (bicyclic) bond motifs is 2. The third-order valence-corrected chi connectivity index (χ3v) is 5.54.